The fraction of sp³-hybridized carbons (Fsp3) is 0.647. The van der Waals surface area contributed by atoms with Gasteiger partial charge in [0.1, 0.15) is 5.75 Å². The average molecular weight is 325 g/mol. The summed E-state index contributed by atoms with van der Waals surface area (Å²) in [5, 5.41) is 0. The third-order valence-electron chi connectivity index (χ3n) is 4.34. The lowest BCUT2D eigenvalue weighted by atomic mass is 9.87. The first-order valence-electron chi connectivity index (χ1n) is 8.20. The van der Waals surface area contributed by atoms with Gasteiger partial charge in [-0.15, -0.1) is 0 Å². The van der Waals surface area contributed by atoms with Crippen molar-refractivity contribution in [3.63, 3.8) is 0 Å². The molecule has 0 bridgehead atoms. The highest BCUT2D eigenvalue weighted by Gasteiger charge is 2.27. The summed E-state index contributed by atoms with van der Waals surface area (Å²) in [5.74, 6) is 1.16. The maximum Gasteiger partial charge on any atom is 0.240 e. The molecule has 1 aliphatic carbocycles. The van der Waals surface area contributed by atoms with Crippen LogP contribution in [0.2, 0.25) is 0 Å². The SMILES string of the molecule is CCCOc1ccc(S(=O)(=O)N[C@H]2CCCC[C@@H]2C)cc1C. The van der Waals surface area contributed by atoms with Gasteiger partial charge in [-0.1, -0.05) is 26.7 Å². The minimum atomic E-state index is -3.46. The summed E-state index contributed by atoms with van der Waals surface area (Å²) in [6.45, 7) is 6.70. The normalized spacial score (nSPS) is 22.5. The highest BCUT2D eigenvalue weighted by Crippen LogP contribution is 2.26. The second kappa shape index (κ2) is 7.47. The second-order valence-electron chi connectivity index (χ2n) is 6.27. The van der Waals surface area contributed by atoms with E-state index >= 15 is 0 Å². The van der Waals surface area contributed by atoms with Gasteiger partial charge in [0.2, 0.25) is 10.0 Å². The standard InChI is InChI=1S/C17H27NO3S/c1-4-11-21-17-10-9-15(12-14(17)3)22(19,20)18-16-8-6-5-7-13(16)2/h9-10,12-13,16,18H,4-8,11H2,1-3H3/t13-,16-/m0/s1. The van der Waals surface area contributed by atoms with Gasteiger partial charge in [0, 0.05) is 6.04 Å². The number of benzene rings is 1. The molecule has 1 aliphatic rings. The van der Waals surface area contributed by atoms with E-state index in [0.29, 0.717) is 17.4 Å². The number of rotatable bonds is 6. The monoisotopic (exact) mass is 325 g/mol. The molecule has 2 atom stereocenters. The van der Waals surface area contributed by atoms with Crippen molar-refractivity contribution in [3.05, 3.63) is 23.8 Å². The van der Waals surface area contributed by atoms with Crippen LogP contribution in [0.25, 0.3) is 0 Å². The fourth-order valence-electron chi connectivity index (χ4n) is 2.92. The van der Waals surface area contributed by atoms with Crippen LogP contribution >= 0.6 is 0 Å². The first-order valence-corrected chi connectivity index (χ1v) is 9.68. The summed E-state index contributed by atoms with van der Waals surface area (Å²) < 4.78 is 33.6. The van der Waals surface area contributed by atoms with Crippen molar-refractivity contribution >= 4 is 10.0 Å². The van der Waals surface area contributed by atoms with Crippen molar-refractivity contribution in [2.24, 2.45) is 5.92 Å². The molecule has 0 amide bonds. The molecule has 5 heteroatoms. The summed E-state index contributed by atoms with van der Waals surface area (Å²) in [6.07, 6.45) is 5.25. The van der Waals surface area contributed by atoms with Crippen molar-refractivity contribution in [1.29, 1.82) is 0 Å². The van der Waals surface area contributed by atoms with Crippen LogP contribution in [0.1, 0.15) is 51.5 Å². The van der Waals surface area contributed by atoms with Gasteiger partial charge >= 0.3 is 0 Å². The van der Waals surface area contributed by atoms with E-state index in [4.69, 9.17) is 4.74 Å². The van der Waals surface area contributed by atoms with Gasteiger partial charge in [-0.25, -0.2) is 13.1 Å². The van der Waals surface area contributed by atoms with Crippen LogP contribution < -0.4 is 9.46 Å². The summed E-state index contributed by atoms with van der Waals surface area (Å²) >= 11 is 0. The van der Waals surface area contributed by atoms with E-state index in [0.717, 1.165) is 37.0 Å². The van der Waals surface area contributed by atoms with Crippen LogP contribution in [0.4, 0.5) is 0 Å². The molecule has 4 nitrogen and oxygen atoms in total. The number of nitrogens with one attached hydrogen (secondary N) is 1. The molecular weight excluding hydrogens is 298 g/mol. The summed E-state index contributed by atoms with van der Waals surface area (Å²) in [7, 11) is -3.46. The summed E-state index contributed by atoms with van der Waals surface area (Å²) in [5.41, 5.74) is 0.855. The fourth-order valence-corrected chi connectivity index (χ4v) is 4.39. The maximum atomic E-state index is 12.6. The lowest BCUT2D eigenvalue weighted by Crippen LogP contribution is -2.40. The molecule has 1 saturated carbocycles. The molecule has 1 aromatic rings. The maximum absolute atomic E-state index is 12.6. The van der Waals surface area contributed by atoms with Crippen LogP contribution in [-0.2, 0) is 10.0 Å². The number of ether oxygens (including phenoxy) is 1. The van der Waals surface area contributed by atoms with Crippen molar-refractivity contribution in [1.82, 2.24) is 4.72 Å². The van der Waals surface area contributed by atoms with Crippen LogP contribution in [0.3, 0.4) is 0 Å². The highest BCUT2D eigenvalue weighted by atomic mass is 32.2. The Balaban J connectivity index is 2.13. The van der Waals surface area contributed by atoms with Crippen molar-refractivity contribution in [2.75, 3.05) is 6.61 Å². The largest absolute Gasteiger partial charge is 0.493 e. The number of hydrogen-bond acceptors (Lipinski definition) is 3. The summed E-state index contributed by atoms with van der Waals surface area (Å²) in [6, 6.07) is 5.13. The first kappa shape index (κ1) is 17.3. The zero-order valence-electron chi connectivity index (χ0n) is 13.8. The average Bonchev–Trinajstić information content (AvgIpc) is 2.48. The molecule has 2 rings (SSSR count). The van der Waals surface area contributed by atoms with E-state index in [1.165, 1.54) is 6.42 Å². The van der Waals surface area contributed by atoms with Gasteiger partial charge in [-0.05, 0) is 55.9 Å². The van der Waals surface area contributed by atoms with Crippen LogP contribution in [0.5, 0.6) is 5.75 Å². The molecule has 0 saturated heterocycles. The molecule has 0 unspecified atom stereocenters. The van der Waals surface area contributed by atoms with E-state index < -0.39 is 10.0 Å². The van der Waals surface area contributed by atoms with Gasteiger partial charge < -0.3 is 4.74 Å². The Labute approximate surface area is 134 Å². The zero-order valence-corrected chi connectivity index (χ0v) is 14.6. The Bertz CT molecular complexity index is 598. The molecule has 0 radical (unpaired) electrons. The third kappa shape index (κ3) is 4.23. The Hall–Kier alpha value is -1.07. The molecular formula is C17H27NO3S. The minimum Gasteiger partial charge on any atom is -0.493 e. The summed E-state index contributed by atoms with van der Waals surface area (Å²) in [4.78, 5) is 0.326. The molecule has 1 fully saturated rings. The lowest BCUT2D eigenvalue weighted by Gasteiger charge is -2.29. The first-order chi connectivity index (χ1) is 10.4. The van der Waals surface area contributed by atoms with Crippen molar-refractivity contribution in [2.45, 2.75) is 63.8 Å². The molecule has 124 valence electrons. The highest BCUT2D eigenvalue weighted by molar-refractivity contribution is 7.89. The van der Waals surface area contributed by atoms with E-state index in [9.17, 15) is 8.42 Å². The predicted molar refractivity (Wildman–Crippen MR) is 88.7 cm³/mol. The van der Waals surface area contributed by atoms with Crippen molar-refractivity contribution < 1.29 is 13.2 Å². The molecule has 1 aromatic carbocycles. The predicted octanol–water partition coefficient (Wildman–Crippen LogP) is 3.64. The number of sulfonamides is 1. The minimum absolute atomic E-state index is 0.0510. The van der Waals surface area contributed by atoms with Gasteiger partial charge in [-0.2, -0.15) is 0 Å². The molecule has 0 aliphatic heterocycles. The van der Waals surface area contributed by atoms with E-state index in [1.807, 2.05) is 13.8 Å². The zero-order chi connectivity index (χ0) is 16.2. The van der Waals surface area contributed by atoms with Gasteiger partial charge in [0.05, 0.1) is 11.5 Å². The van der Waals surface area contributed by atoms with Gasteiger partial charge in [0.15, 0.2) is 0 Å². The van der Waals surface area contributed by atoms with E-state index in [1.54, 1.807) is 18.2 Å². The molecule has 0 heterocycles. The lowest BCUT2D eigenvalue weighted by molar-refractivity contribution is 0.310. The van der Waals surface area contributed by atoms with Gasteiger partial charge in [0.25, 0.3) is 0 Å². The molecule has 0 spiro atoms. The van der Waals surface area contributed by atoms with Crippen LogP contribution in [-0.4, -0.2) is 21.1 Å². The second-order valence-corrected chi connectivity index (χ2v) is 7.98. The molecule has 0 aromatic heterocycles. The van der Waals surface area contributed by atoms with E-state index in [-0.39, 0.29) is 6.04 Å². The smallest absolute Gasteiger partial charge is 0.240 e. The quantitative estimate of drug-likeness (QED) is 0.869. The van der Waals surface area contributed by atoms with Crippen molar-refractivity contribution in [3.8, 4) is 5.75 Å². The Morgan fingerprint density at radius 2 is 2.00 bits per heavy atom. The Morgan fingerprint density at radius 3 is 2.64 bits per heavy atom. The van der Waals surface area contributed by atoms with E-state index in [2.05, 4.69) is 11.6 Å². The third-order valence-corrected chi connectivity index (χ3v) is 5.82. The van der Waals surface area contributed by atoms with Crippen LogP contribution in [0.15, 0.2) is 23.1 Å². The molecule has 22 heavy (non-hydrogen) atoms. The Kier molecular flexibility index (Phi) is 5.87. The van der Waals surface area contributed by atoms with Gasteiger partial charge in [-0.3, -0.25) is 0 Å². The molecule has 1 N–H and O–H groups in total. The van der Waals surface area contributed by atoms with Crippen LogP contribution in [0, 0.1) is 12.8 Å². The number of hydrogen-bond donors (Lipinski definition) is 1. The topological polar surface area (TPSA) is 55.4 Å². The Morgan fingerprint density at radius 1 is 1.27 bits per heavy atom. The number of aryl methyl sites for hydroxylation is 1.